The van der Waals surface area contributed by atoms with Gasteiger partial charge in [0.25, 0.3) is 5.91 Å². The number of halogens is 2. The first-order chi connectivity index (χ1) is 15.5. The molecule has 1 atom stereocenters. The van der Waals surface area contributed by atoms with Crippen molar-refractivity contribution in [3.63, 3.8) is 0 Å². The van der Waals surface area contributed by atoms with Gasteiger partial charge in [0.2, 0.25) is 5.75 Å². The summed E-state index contributed by atoms with van der Waals surface area (Å²) < 4.78 is 45.2. The van der Waals surface area contributed by atoms with Crippen molar-refractivity contribution in [3.8, 4) is 22.9 Å². The molecule has 0 bridgehead atoms. The summed E-state index contributed by atoms with van der Waals surface area (Å²) >= 11 is 0. The van der Waals surface area contributed by atoms with Crippen LogP contribution in [-0.4, -0.2) is 37.0 Å². The van der Waals surface area contributed by atoms with Crippen molar-refractivity contribution in [1.29, 1.82) is 0 Å². The van der Waals surface area contributed by atoms with E-state index in [0.717, 1.165) is 23.7 Å². The highest BCUT2D eigenvalue weighted by molar-refractivity contribution is 5.98. The largest absolute Gasteiger partial charge is 0.493 e. The van der Waals surface area contributed by atoms with E-state index in [1.54, 1.807) is 18.3 Å². The second-order valence-corrected chi connectivity index (χ2v) is 7.35. The third kappa shape index (κ3) is 3.74. The Morgan fingerprint density at radius 2 is 1.88 bits per heavy atom. The molecule has 168 valence electrons. The minimum absolute atomic E-state index is 0.168. The molecule has 4 rings (SSSR count). The number of hydrogen-bond donors (Lipinski definition) is 1. The number of fused-ring (bicyclic) bond motifs is 1. The fourth-order valence-corrected chi connectivity index (χ4v) is 4.08. The van der Waals surface area contributed by atoms with Crippen LogP contribution >= 0.6 is 0 Å². The molecule has 0 fully saturated rings. The molecule has 1 amide bonds. The first-order valence-corrected chi connectivity index (χ1v) is 10.1. The summed E-state index contributed by atoms with van der Waals surface area (Å²) in [5.74, 6) is -0.653. The van der Waals surface area contributed by atoms with Crippen LogP contribution in [0.25, 0.3) is 5.69 Å². The van der Waals surface area contributed by atoms with Crippen LogP contribution in [0.5, 0.6) is 17.2 Å². The predicted octanol–water partition coefficient (Wildman–Crippen LogP) is 3.98. The summed E-state index contributed by atoms with van der Waals surface area (Å²) in [5.41, 5.74) is 2.05. The number of ether oxygens (including phenoxy) is 3. The van der Waals surface area contributed by atoms with E-state index in [1.165, 1.54) is 38.1 Å². The number of rotatable bonds is 6. The Labute approximate surface area is 183 Å². The summed E-state index contributed by atoms with van der Waals surface area (Å²) in [6.07, 6.45) is 3.76. The molecule has 1 heterocycles. The van der Waals surface area contributed by atoms with Crippen LogP contribution in [-0.2, 0) is 6.42 Å². The van der Waals surface area contributed by atoms with Crippen molar-refractivity contribution in [2.75, 3.05) is 21.3 Å². The van der Waals surface area contributed by atoms with Crippen molar-refractivity contribution in [1.82, 2.24) is 15.1 Å². The Hall–Kier alpha value is -3.62. The topological polar surface area (TPSA) is 74.6 Å². The number of carbonyl (C=O) groups is 1. The predicted molar refractivity (Wildman–Crippen MR) is 113 cm³/mol. The second kappa shape index (κ2) is 8.86. The standard InChI is InChI=1S/C23H23F2N3O4/c1-30-20-10-8-14(21(31-2)22(20)32-3)23(29)27-17-5-4-6-18-15(17)12-26-28(18)19-9-7-13(24)11-16(19)25/h7-12,17H,4-6H2,1-3H3,(H,27,29)/t17-/m1/s1. The lowest BCUT2D eigenvalue weighted by Crippen LogP contribution is -2.31. The fourth-order valence-electron chi connectivity index (χ4n) is 4.08. The molecule has 1 aliphatic rings. The van der Waals surface area contributed by atoms with Crippen molar-refractivity contribution >= 4 is 5.91 Å². The Morgan fingerprint density at radius 1 is 1.09 bits per heavy atom. The highest BCUT2D eigenvalue weighted by Crippen LogP contribution is 2.40. The number of nitrogens with zero attached hydrogens (tertiary/aromatic N) is 2. The van der Waals surface area contributed by atoms with Gasteiger partial charge in [0, 0.05) is 17.3 Å². The minimum atomic E-state index is -0.697. The Kier molecular flexibility index (Phi) is 5.98. The molecule has 1 aromatic heterocycles. The van der Waals surface area contributed by atoms with E-state index in [0.29, 0.717) is 29.9 Å². The smallest absolute Gasteiger partial charge is 0.255 e. The van der Waals surface area contributed by atoms with E-state index < -0.39 is 11.6 Å². The fraction of sp³-hybridized carbons (Fsp3) is 0.304. The van der Waals surface area contributed by atoms with Gasteiger partial charge in [0.1, 0.15) is 11.5 Å². The average Bonchev–Trinajstić information content (AvgIpc) is 3.22. The van der Waals surface area contributed by atoms with Crippen molar-refractivity contribution < 1.29 is 27.8 Å². The summed E-state index contributed by atoms with van der Waals surface area (Å²) in [7, 11) is 4.43. The lowest BCUT2D eigenvalue weighted by Gasteiger charge is -2.25. The van der Waals surface area contributed by atoms with Gasteiger partial charge in [-0.2, -0.15) is 5.10 Å². The lowest BCUT2D eigenvalue weighted by atomic mass is 9.92. The van der Waals surface area contributed by atoms with Gasteiger partial charge < -0.3 is 19.5 Å². The number of hydrogen-bond acceptors (Lipinski definition) is 5. The maximum Gasteiger partial charge on any atom is 0.255 e. The molecular formula is C23H23F2N3O4. The van der Waals surface area contributed by atoms with Gasteiger partial charge in [-0.15, -0.1) is 0 Å². The minimum Gasteiger partial charge on any atom is -0.493 e. The van der Waals surface area contributed by atoms with Gasteiger partial charge in [-0.1, -0.05) is 0 Å². The van der Waals surface area contributed by atoms with Crippen LogP contribution < -0.4 is 19.5 Å². The van der Waals surface area contributed by atoms with Gasteiger partial charge >= 0.3 is 0 Å². The van der Waals surface area contributed by atoms with Crippen LogP contribution in [0.15, 0.2) is 36.5 Å². The summed E-state index contributed by atoms with van der Waals surface area (Å²) in [5, 5.41) is 7.34. The number of amides is 1. The summed E-state index contributed by atoms with van der Waals surface area (Å²) in [4.78, 5) is 13.1. The Morgan fingerprint density at radius 3 is 2.56 bits per heavy atom. The number of methoxy groups -OCH3 is 3. The van der Waals surface area contributed by atoms with Crippen LogP contribution in [0.4, 0.5) is 8.78 Å². The molecule has 0 saturated heterocycles. The molecule has 0 saturated carbocycles. The molecule has 0 spiro atoms. The van der Waals surface area contributed by atoms with Gasteiger partial charge in [-0.05, 0) is 43.5 Å². The number of benzene rings is 2. The highest BCUT2D eigenvalue weighted by atomic mass is 19.1. The van der Waals surface area contributed by atoms with E-state index in [9.17, 15) is 13.6 Å². The van der Waals surface area contributed by atoms with Crippen LogP contribution in [0.1, 0.15) is 40.5 Å². The first kappa shape index (κ1) is 21.6. The second-order valence-electron chi connectivity index (χ2n) is 7.35. The molecule has 2 aromatic carbocycles. The van der Waals surface area contributed by atoms with Crippen LogP contribution in [0.2, 0.25) is 0 Å². The molecule has 1 N–H and O–H groups in total. The molecular weight excluding hydrogens is 420 g/mol. The zero-order valence-corrected chi connectivity index (χ0v) is 17.9. The zero-order chi connectivity index (χ0) is 22.8. The zero-order valence-electron chi connectivity index (χ0n) is 17.9. The van der Waals surface area contributed by atoms with Gasteiger partial charge in [-0.25, -0.2) is 13.5 Å². The highest BCUT2D eigenvalue weighted by Gasteiger charge is 2.29. The number of aromatic nitrogens is 2. The molecule has 3 aromatic rings. The van der Waals surface area contributed by atoms with Crippen LogP contribution in [0, 0.1) is 11.6 Å². The van der Waals surface area contributed by atoms with Crippen molar-refractivity contribution in [2.24, 2.45) is 0 Å². The number of nitrogens with one attached hydrogen (secondary N) is 1. The molecule has 0 unspecified atom stereocenters. The van der Waals surface area contributed by atoms with E-state index in [-0.39, 0.29) is 23.4 Å². The normalized spacial score (nSPS) is 15.1. The number of carbonyl (C=O) groups excluding carboxylic acids is 1. The molecule has 0 aliphatic heterocycles. The van der Waals surface area contributed by atoms with E-state index >= 15 is 0 Å². The maximum atomic E-state index is 14.3. The van der Waals surface area contributed by atoms with Gasteiger partial charge in [0.05, 0.1) is 39.1 Å². The lowest BCUT2D eigenvalue weighted by molar-refractivity contribution is 0.0929. The molecule has 32 heavy (non-hydrogen) atoms. The molecule has 7 nitrogen and oxygen atoms in total. The van der Waals surface area contributed by atoms with Crippen LogP contribution in [0.3, 0.4) is 0 Å². The Bertz CT molecular complexity index is 1160. The van der Waals surface area contributed by atoms with Gasteiger partial charge in [-0.3, -0.25) is 4.79 Å². The van der Waals surface area contributed by atoms with Gasteiger partial charge in [0.15, 0.2) is 17.3 Å². The van der Waals surface area contributed by atoms with E-state index in [1.807, 2.05) is 0 Å². The maximum absolute atomic E-state index is 14.3. The average molecular weight is 443 g/mol. The monoisotopic (exact) mass is 443 g/mol. The summed E-state index contributed by atoms with van der Waals surface area (Å²) in [6, 6.07) is 6.30. The summed E-state index contributed by atoms with van der Waals surface area (Å²) in [6.45, 7) is 0. The third-order valence-corrected chi connectivity index (χ3v) is 5.58. The SMILES string of the molecule is COc1ccc(C(=O)N[C@@H]2CCCc3c2cnn3-c2ccc(F)cc2F)c(OC)c1OC. The molecule has 9 heteroatoms. The first-order valence-electron chi connectivity index (χ1n) is 10.1. The molecule has 1 aliphatic carbocycles. The quantitative estimate of drug-likeness (QED) is 0.624. The van der Waals surface area contributed by atoms with Crippen molar-refractivity contribution in [2.45, 2.75) is 25.3 Å². The third-order valence-electron chi connectivity index (χ3n) is 5.58. The van der Waals surface area contributed by atoms with Crippen molar-refractivity contribution in [3.05, 3.63) is 65.0 Å². The Balaban J connectivity index is 1.64. The van der Waals surface area contributed by atoms with E-state index in [4.69, 9.17) is 14.2 Å². The molecule has 0 radical (unpaired) electrons. The van der Waals surface area contributed by atoms with E-state index in [2.05, 4.69) is 10.4 Å².